The Hall–Kier alpha value is -1.92. The number of nitrogens with one attached hydrogen (secondary N) is 2. The average Bonchev–Trinajstić information content (AvgIpc) is 2.86. The highest BCUT2D eigenvalue weighted by Gasteiger charge is 2.18. The Morgan fingerprint density at radius 1 is 1.33 bits per heavy atom. The molecular formula is C15H20N4OS. The van der Waals surface area contributed by atoms with Gasteiger partial charge in [-0.2, -0.15) is 0 Å². The van der Waals surface area contributed by atoms with Crippen molar-refractivity contribution in [3.05, 3.63) is 40.4 Å². The summed E-state index contributed by atoms with van der Waals surface area (Å²) in [5.41, 5.74) is 5.75. The number of aryl methyl sites for hydroxylation is 1. The van der Waals surface area contributed by atoms with Crippen LogP contribution in [-0.4, -0.2) is 10.9 Å². The van der Waals surface area contributed by atoms with Gasteiger partial charge in [-0.1, -0.05) is 20.8 Å². The lowest BCUT2D eigenvalue weighted by Crippen LogP contribution is -2.15. The third-order valence-corrected chi connectivity index (χ3v) is 3.89. The first-order chi connectivity index (χ1) is 9.81. The second-order valence-electron chi connectivity index (χ2n) is 5.92. The first kappa shape index (κ1) is 15.5. The Kier molecular flexibility index (Phi) is 4.29. The lowest BCUT2D eigenvalue weighted by Gasteiger charge is -2.14. The van der Waals surface area contributed by atoms with E-state index in [1.54, 1.807) is 12.1 Å². The van der Waals surface area contributed by atoms with Crippen LogP contribution in [0.4, 0.5) is 10.8 Å². The summed E-state index contributed by atoms with van der Waals surface area (Å²) in [5.74, 6) is 5.19. The van der Waals surface area contributed by atoms with E-state index in [4.69, 9.17) is 5.84 Å². The van der Waals surface area contributed by atoms with E-state index in [1.165, 1.54) is 11.3 Å². The first-order valence-electron chi connectivity index (χ1n) is 6.66. The summed E-state index contributed by atoms with van der Waals surface area (Å²) in [6.07, 6.45) is 0. The molecular weight excluding hydrogens is 284 g/mol. The van der Waals surface area contributed by atoms with Gasteiger partial charge in [-0.3, -0.25) is 16.0 Å². The molecule has 21 heavy (non-hydrogen) atoms. The minimum atomic E-state index is -0.161. The Balaban J connectivity index is 2.16. The number of thiazole rings is 1. The smallest absolute Gasteiger partial charge is 0.257 e. The fourth-order valence-electron chi connectivity index (χ4n) is 1.85. The second-order valence-corrected chi connectivity index (χ2v) is 6.77. The predicted molar refractivity (Wildman–Crippen MR) is 87.8 cm³/mol. The van der Waals surface area contributed by atoms with Gasteiger partial charge in [0.05, 0.1) is 5.69 Å². The van der Waals surface area contributed by atoms with E-state index < -0.39 is 0 Å². The Labute approximate surface area is 128 Å². The maximum absolute atomic E-state index is 12.3. The van der Waals surface area contributed by atoms with E-state index >= 15 is 0 Å². The van der Waals surface area contributed by atoms with Crippen LogP contribution in [0.5, 0.6) is 0 Å². The third kappa shape index (κ3) is 3.59. The predicted octanol–water partition coefficient (Wildman–Crippen LogP) is 3.29. The van der Waals surface area contributed by atoms with Crippen molar-refractivity contribution in [2.75, 3.05) is 10.7 Å². The molecule has 2 rings (SSSR count). The molecule has 0 unspecified atom stereocenters. The Bertz CT molecular complexity index is 658. The number of aromatic nitrogens is 1. The van der Waals surface area contributed by atoms with E-state index in [0.717, 1.165) is 16.9 Å². The van der Waals surface area contributed by atoms with Gasteiger partial charge in [0.15, 0.2) is 5.13 Å². The molecule has 0 radical (unpaired) electrons. The third-order valence-electron chi connectivity index (χ3n) is 3.13. The van der Waals surface area contributed by atoms with Gasteiger partial charge in [0.2, 0.25) is 0 Å². The molecule has 112 valence electrons. The number of nitrogens with zero attached hydrogens (tertiary/aromatic N) is 1. The highest BCUT2D eigenvalue weighted by Crippen LogP contribution is 2.26. The summed E-state index contributed by atoms with van der Waals surface area (Å²) in [6, 6.07) is 5.35. The standard InChI is InChI=1S/C15H20N4OS/c1-9-7-10(19-16)5-6-11(9)13(20)18-14-17-12(8-21-14)15(2,3)4/h5-8,19H,16H2,1-4H3,(H,17,18,20). The molecule has 0 aliphatic rings. The number of hydrogen-bond donors (Lipinski definition) is 3. The number of amides is 1. The zero-order valence-corrected chi connectivity index (χ0v) is 13.5. The topological polar surface area (TPSA) is 80.0 Å². The summed E-state index contributed by atoms with van der Waals surface area (Å²) >= 11 is 1.44. The fraction of sp³-hybridized carbons (Fsp3) is 0.333. The molecule has 1 amide bonds. The van der Waals surface area contributed by atoms with E-state index in [0.29, 0.717) is 10.7 Å². The number of nitrogen functional groups attached to an aromatic ring is 1. The maximum atomic E-state index is 12.3. The van der Waals surface area contributed by atoms with Gasteiger partial charge >= 0.3 is 0 Å². The molecule has 2 aromatic rings. The number of hydrazine groups is 1. The number of anilines is 2. The molecule has 1 aromatic heterocycles. The first-order valence-corrected chi connectivity index (χ1v) is 7.54. The highest BCUT2D eigenvalue weighted by molar-refractivity contribution is 7.14. The van der Waals surface area contributed by atoms with Crippen molar-refractivity contribution in [3.8, 4) is 0 Å². The molecule has 4 N–H and O–H groups in total. The Morgan fingerprint density at radius 2 is 2.05 bits per heavy atom. The zero-order valence-electron chi connectivity index (χ0n) is 12.7. The number of carbonyl (C=O) groups is 1. The van der Waals surface area contributed by atoms with Crippen molar-refractivity contribution in [2.24, 2.45) is 5.84 Å². The number of hydrogen-bond acceptors (Lipinski definition) is 5. The zero-order chi connectivity index (χ0) is 15.6. The molecule has 6 heteroatoms. The summed E-state index contributed by atoms with van der Waals surface area (Å²) in [5, 5.41) is 5.44. The van der Waals surface area contributed by atoms with Gasteiger partial charge in [-0.25, -0.2) is 4.98 Å². The van der Waals surface area contributed by atoms with Gasteiger partial charge < -0.3 is 5.43 Å². The molecule has 0 aliphatic carbocycles. The summed E-state index contributed by atoms with van der Waals surface area (Å²) in [4.78, 5) is 16.8. The summed E-state index contributed by atoms with van der Waals surface area (Å²) in [7, 11) is 0. The molecule has 0 aliphatic heterocycles. The van der Waals surface area contributed by atoms with Crippen molar-refractivity contribution in [3.63, 3.8) is 0 Å². The molecule has 1 aromatic carbocycles. The van der Waals surface area contributed by atoms with Crippen molar-refractivity contribution in [2.45, 2.75) is 33.1 Å². The van der Waals surface area contributed by atoms with Gasteiger partial charge in [0.25, 0.3) is 5.91 Å². The van der Waals surface area contributed by atoms with Crippen LogP contribution in [0.1, 0.15) is 42.4 Å². The normalized spacial score (nSPS) is 11.3. The molecule has 1 heterocycles. The van der Waals surface area contributed by atoms with Crippen LogP contribution in [0.3, 0.4) is 0 Å². The SMILES string of the molecule is Cc1cc(NN)ccc1C(=O)Nc1nc(C(C)(C)C)cs1. The summed E-state index contributed by atoms with van der Waals surface area (Å²) < 4.78 is 0. The molecule has 0 saturated carbocycles. The maximum Gasteiger partial charge on any atom is 0.257 e. The van der Waals surface area contributed by atoms with Gasteiger partial charge in [0.1, 0.15) is 0 Å². The molecule has 5 nitrogen and oxygen atoms in total. The highest BCUT2D eigenvalue weighted by atomic mass is 32.1. The van der Waals surface area contributed by atoms with Crippen LogP contribution in [-0.2, 0) is 5.41 Å². The van der Waals surface area contributed by atoms with E-state index in [2.05, 4.69) is 36.5 Å². The lowest BCUT2D eigenvalue weighted by molar-refractivity contribution is 0.102. The molecule has 0 bridgehead atoms. The van der Waals surface area contributed by atoms with E-state index in [-0.39, 0.29) is 11.3 Å². The van der Waals surface area contributed by atoms with Gasteiger partial charge in [-0.05, 0) is 30.7 Å². The van der Waals surface area contributed by atoms with Gasteiger partial charge in [0, 0.05) is 22.0 Å². The quantitative estimate of drug-likeness (QED) is 0.600. The molecule has 0 fully saturated rings. The number of benzene rings is 1. The van der Waals surface area contributed by atoms with E-state index in [1.807, 2.05) is 18.4 Å². The minimum Gasteiger partial charge on any atom is -0.324 e. The monoisotopic (exact) mass is 304 g/mol. The van der Waals surface area contributed by atoms with Gasteiger partial charge in [-0.15, -0.1) is 11.3 Å². The average molecular weight is 304 g/mol. The second kappa shape index (κ2) is 5.83. The van der Waals surface area contributed by atoms with Crippen LogP contribution in [0.25, 0.3) is 0 Å². The van der Waals surface area contributed by atoms with Crippen LogP contribution < -0.4 is 16.6 Å². The summed E-state index contributed by atoms with van der Waals surface area (Å²) in [6.45, 7) is 8.15. The minimum absolute atomic E-state index is 0.0240. The van der Waals surface area contributed by atoms with Crippen LogP contribution in [0.2, 0.25) is 0 Å². The van der Waals surface area contributed by atoms with Crippen molar-refractivity contribution in [1.82, 2.24) is 4.98 Å². The molecule has 0 spiro atoms. The van der Waals surface area contributed by atoms with Crippen molar-refractivity contribution >= 4 is 28.1 Å². The molecule has 0 saturated heterocycles. The largest absolute Gasteiger partial charge is 0.324 e. The number of nitrogens with two attached hydrogens (primary N) is 1. The van der Waals surface area contributed by atoms with Crippen molar-refractivity contribution < 1.29 is 4.79 Å². The number of rotatable bonds is 3. The van der Waals surface area contributed by atoms with Crippen LogP contribution >= 0.6 is 11.3 Å². The van der Waals surface area contributed by atoms with E-state index in [9.17, 15) is 4.79 Å². The van der Waals surface area contributed by atoms with Crippen molar-refractivity contribution in [1.29, 1.82) is 0 Å². The van der Waals surface area contributed by atoms with Crippen LogP contribution in [0, 0.1) is 6.92 Å². The lowest BCUT2D eigenvalue weighted by atomic mass is 9.93. The van der Waals surface area contributed by atoms with Crippen LogP contribution in [0.15, 0.2) is 23.6 Å². The molecule has 0 atom stereocenters. The fourth-order valence-corrected chi connectivity index (χ4v) is 2.78. The number of carbonyl (C=O) groups excluding carboxylic acids is 1. The Morgan fingerprint density at radius 3 is 2.57 bits per heavy atom.